The van der Waals surface area contributed by atoms with E-state index >= 15 is 0 Å². The molecule has 0 unspecified atom stereocenters. The fourth-order valence-corrected chi connectivity index (χ4v) is 1.05. The van der Waals surface area contributed by atoms with Crippen LogP contribution in [0.3, 0.4) is 0 Å². The zero-order valence-corrected chi connectivity index (χ0v) is 9.96. The van der Waals surface area contributed by atoms with Gasteiger partial charge in [0.15, 0.2) is 0 Å². The monoisotopic (exact) mass is 404 g/mol. The Morgan fingerprint density at radius 3 is 0.708 bits per heavy atom. The van der Waals surface area contributed by atoms with Crippen molar-refractivity contribution in [1.29, 1.82) is 0 Å². The normalized spacial score (nSPS) is 16.5. The molecule has 0 aliphatic carbocycles. The lowest BCUT2D eigenvalue weighted by Gasteiger charge is -2.41. The molecule has 0 rings (SSSR count). The van der Waals surface area contributed by atoms with Gasteiger partial charge in [0.2, 0.25) is 0 Å². The molecule has 146 valence electrons. The van der Waals surface area contributed by atoms with Gasteiger partial charge < -0.3 is 0 Å². The third-order valence-corrected chi connectivity index (χ3v) is 2.41. The first kappa shape index (κ1) is 22.8. The van der Waals surface area contributed by atoms with Crippen molar-refractivity contribution in [2.24, 2.45) is 0 Å². The number of rotatable bonds is 5. The molecule has 0 aromatic carbocycles. The van der Waals surface area contributed by atoms with Crippen LogP contribution in [0.25, 0.3) is 0 Å². The minimum atomic E-state index is -8.26. The van der Waals surface area contributed by atoms with Crippen molar-refractivity contribution in [2.45, 2.75) is 41.9 Å². The van der Waals surface area contributed by atoms with Crippen molar-refractivity contribution >= 4 is 0 Å². The zero-order chi connectivity index (χ0) is 20.2. The molecule has 24 heavy (non-hydrogen) atoms. The van der Waals surface area contributed by atoms with Crippen molar-refractivity contribution < 1.29 is 75.3 Å². The highest BCUT2D eigenvalue weighted by Crippen LogP contribution is 2.62. The van der Waals surface area contributed by atoms with Crippen molar-refractivity contribution in [3.63, 3.8) is 0 Å². The molecule has 17 heteroatoms. The Balaban J connectivity index is 6.60. The average molecular weight is 404 g/mol. The van der Waals surface area contributed by atoms with Gasteiger partial charge in [0.1, 0.15) is 0 Å². The van der Waals surface area contributed by atoms with Gasteiger partial charge in [-0.3, -0.25) is 0 Å². The SMILES string of the molecule is FOC(F)(C(F)(F)C(F)(F)C(F)(F)F)C(F)(F)C(F)(F)C(F)(F)F. The van der Waals surface area contributed by atoms with E-state index in [1.807, 2.05) is 0 Å². The van der Waals surface area contributed by atoms with E-state index in [-0.39, 0.29) is 0 Å². The standard InChI is InChI=1S/C7F16O/c8-1(9,3(12,13)6(17,18)19)5(16,24-23)2(10,11)4(14,15)7(20,21)22. The van der Waals surface area contributed by atoms with Crippen LogP contribution >= 0.6 is 0 Å². The number of hydrogen-bond acceptors (Lipinski definition) is 1. The van der Waals surface area contributed by atoms with Gasteiger partial charge in [-0.05, 0) is 4.53 Å². The quantitative estimate of drug-likeness (QED) is 0.572. The molecule has 0 saturated carbocycles. The second-order valence-corrected chi connectivity index (χ2v) is 3.97. The zero-order valence-electron chi connectivity index (χ0n) is 9.96. The minimum Gasteiger partial charge on any atom is -0.194 e. The van der Waals surface area contributed by atoms with Crippen LogP contribution in [0.15, 0.2) is 0 Å². The van der Waals surface area contributed by atoms with Crippen molar-refractivity contribution in [2.75, 3.05) is 0 Å². The molecule has 0 bridgehead atoms. The molecule has 0 heterocycles. The predicted octanol–water partition coefficient (Wildman–Crippen LogP) is 5.22. The average Bonchev–Trinajstić information content (AvgIpc) is 2.33. The predicted molar refractivity (Wildman–Crippen MR) is 37.9 cm³/mol. The first-order valence-corrected chi connectivity index (χ1v) is 4.69. The van der Waals surface area contributed by atoms with Crippen molar-refractivity contribution in [1.82, 2.24) is 0 Å². The first-order valence-electron chi connectivity index (χ1n) is 4.69. The second kappa shape index (κ2) is 5.42. The van der Waals surface area contributed by atoms with Crippen LogP contribution in [0.1, 0.15) is 0 Å². The van der Waals surface area contributed by atoms with E-state index in [4.69, 9.17) is 0 Å². The highest BCUT2D eigenvalue weighted by molar-refractivity contribution is 5.11. The fraction of sp³-hybridized carbons (Fsp3) is 1.00. The van der Waals surface area contributed by atoms with Gasteiger partial charge in [0, 0.05) is 0 Å². The Labute approximate surface area is 119 Å². The molecule has 0 aromatic rings. The van der Waals surface area contributed by atoms with E-state index in [0.29, 0.717) is 0 Å². The largest absolute Gasteiger partial charge is 0.460 e. The lowest BCUT2D eigenvalue weighted by Crippen LogP contribution is -2.74. The van der Waals surface area contributed by atoms with Gasteiger partial charge in [-0.15, -0.1) is 4.94 Å². The smallest absolute Gasteiger partial charge is 0.194 e. The molecule has 0 radical (unpaired) electrons. The number of hydrogen-bond donors (Lipinski definition) is 0. The van der Waals surface area contributed by atoms with Crippen molar-refractivity contribution in [3.8, 4) is 0 Å². The van der Waals surface area contributed by atoms with E-state index in [2.05, 4.69) is 0 Å². The van der Waals surface area contributed by atoms with E-state index in [1.54, 1.807) is 0 Å². The van der Waals surface area contributed by atoms with Crippen LogP contribution in [-0.4, -0.2) is 41.9 Å². The van der Waals surface area contributed by atoms with Gasteiger partial charge in [-0.2, -0.15) is 65.9 Å². The Bertz CT molecular complexity index is 418. The maximum Gasteiger partial charge on any atom is 0.460 e. The molecular formula is C7F16O. The maximum atomic E-state index is 13.1. The summed E-state index contributed by atoms with van der Waals surface area (Å²) in [6.07, 6.45) is -15.3. The molecule has 0 fully saturated rings. The summed E-state index contributed by atoms with van der Waals surface area (Å²) in [6, 6.07) is 0. The second-order valence-electron chi connectivity index (χ2n) is 3.97. The summed E-state index contributed by atoms with van der Waals surface area (Å²) in [7, 11) is 0. The summed E-state index contributed by atoms with van der Waals surface area (Å²) in [5.74, 6) is -40.6. The fourth-order valence-electron chi connectivity index (χ4n) is 1.05. The molecule has 0 spiro atoms. The van der Waals surface area contributed by atoms with Crippen LogP contribution in [0.2, 0.25) is 0 Å². The summed E-state index contributed by atoms with van der Waals surface area (Å²) >= 11 is 0. The third kappa shape index (κ3) is 2.63. The molecule has 0 N–H and O–H groups in total. The van der Waals surface area contributed by atoms with Crippen LogP contribution in [0, 0.1) is 0 Å². The van der Waals surface area contributed by atoms with Gasteiger partial charge in [-0.25, -0.2) is 0 Å². The molecule has 0 atom stereocenters. The van der Waals surface area contributed by atoms with Gasteiger partial charge in [0.05, 0.1) is 0 Å². The maximum absolute atomic E-state index is 13.1. The Morgan fingerprint density at radius 1 is 0.375 bits per heavy atom. The lowest BCUT2D eigenvalue weighted by molar-refractivity contribution is -0.513. The van der Waals surface area contributed by atoms with E-state index in [0.717, 1.165) is 4.94 Å². The Kier molecular flexibility index (Phi) is 5.16. The van der Waals surface area contributed by atoms with Crippen molar-refractivity contribution in [3.05, 3.63) is 0 Å². The van der Waals surface area contributed by atoms with E-state index in [9.17, 15) is 70.4 Å². The van der Waals surface area contributed by atoms with Crippen LogP contribution in [0.5, 0.6) is 0 Å². The molecular weight excluding hydrogens is 404 g/mol. The topological polar surface area (TPSA) is 9.23 Å². The van der Waals surface area contributed by atoms with E-state index in [1.165, 1.54) is 0 Å². The summed E-state index contributed by atoms with van der Waals surface area (Å²) < 4.78 is 195. The highest BCUT2D eigenvalue weighted by atomic mass is 19.4. The van der Waals surface area contributed by atoms with E-state index < -0.39 is 41.9 Å². The van der Waals surface area contributed by atoms with Crippen LogP contribution < -0.4 is 0 Å². The Hall–Kier alpha value is -1.16. The molecule has 0 amide bonds. The minimum absolute atomic E-state index is 0.804. The van der Waals surface area contributed by atoms with Crippen LogP contribution in [-0.2, 0) is 4.94 Å². The molecule has 0 saturated heterocycles. The first-order chi connectivity index (χ1) is 10.1. The van der Waals surface area contributed by atoms with Gasteiger partial charge in [-0.1, -0.05) is 0 Å². The van der Waals surface area contributed by atoms with Gasteiger partial charge in [0.25, 0.3) is 0 Å². The number of alkyl halides is 15. The van der Waals surface area contributed by atoms with Crippen LogP contribution in [0.4, 0.5) is 70.4 Å². The summed E-state index contributed by atoms with van der Waals surface area (Å²) in [4.78, 5) is 0.804. The molecule has 0 aliphatic rings. The molecule has 0 aromatic heterocycles. The molecule has 1 nitrogen and oxygen atoms in total. The summed E-state index contributed by atoms with van der Waals surface area (Å²) in [5, 5.41) is 0. The highest BCUT2D eigenvalue weighted by Gasteiger charge is 2.94. The molecule has 0 aliphatic heterocycles. The summed E-state index contributed by atoms with van der Waals surface area (Å²) in [5.41, 5.74) is 0. The summed E-state index contributed by atoms with van der Waals surface area (Å²) in [6.45, 7) is 0. The third-order valence-electron chi connectivity index (χ3n) is 2.41. The van der Waals surface area contributed by atoms with Gasteiger partial charge >= 0.3 is 41.9 Å². The number of halogens is 16. The Morgan fingerprint density at radius 2 is 0.583 bits per heavy atom. The lowest BCUT2D eigenvalue weighted by atomic mass is 9.92.